The smallest absolute Gasteiger partial charge is 0.244 e. The molecule has 0 bridgehead atoms. The molecule has 28 heavy (non-hydrogen) atoms. The average molecular weight is 379 g/mol. The van der Waals surface area contributed by atoms with Crippen molar-refractivity contribution >= 4 is 12.0 Å². The third-order valence-corrected chi connectivity index (χ3v) is 3.94. The van der Waals surface area contributed by atoms with Gasteiger partial charge in [0, 0.05) is 30.7 Å². The number of nitrogens with zero attached hydrogens (tertiary/aromatic N) is 2. The van der Waals surface area contributed by atoms with Gasteiger partial charge in [-0.15, -0.1) is 0 Å². The van der Waals surface area contributed by atoms with Gasteiger partial charge in [0.1, 0.15) is 11.5 Å². The molecule has 0 radical (unpaired) electrons. The molecule has 0 saturated carbocycles. The zero-order chi connectivity index (χ0) is 19.8. The van der Waals surface area contributed by atoms with E-state index in [1.54, 1.807) is 38.5 Å². The van der Waals surface area contributed by atoms with Gasteiger partial charge in [0.25, 0.3) is 0 Å². The van der Waals surface area contributed by atoms with Crippen molar-refractivity contribution in [2.24, 2.45) is 0 Å². The minimum atomic E-state index is -0.180. The molecule has 2 aromatic carbocycles. The van der Waals surface area contributed by atoms with E-state index in [0.29, 0.717) is 36.2 Å². The SMILES string of the molecule is COc1cc(OC)cc(-c2noc(CCNC(=O)C=Cc3ccccc3)n2)c1. The Bertz CT molecular complexity index is 929. The van der Waals surface area contributed by atoms with Gasteiger partial charge in [-0.25, -0.2) is 0 Å². The molecule has 144 valence electrons. The molecule has 0 aliphatic carbocycles. The maximum absolute atomic E-state index is 11.9. The van der Waals surface area contributed by atoms with E-state index >= 15 is 0 Å². The molecule has 0 saturated heterocycles. The first-order valence-corrected chi connectivity index (χ1v) is 8.75. The Morgan fingerprint density at radius 3 is 2.50 bits per heavy atom. The van der Waals surface area contributed by atoms with E-state index in [-0.39, 0.29) is 5.91 Å². The van der Waals surface area contributed by atoms with E-state index in [4.69, 9.17) is 14.0 Å². The normalized spacial score (nSPS) is 10.8. The van der Waals surface area contributed by atoms with Gasteiger partial charge < -0.3 is 19.3 Å². The van der Waals surface area contributed by atoms with Crippen molar-refractivity contribution in [1.29, 1.82) is 0 Å². The minimum Gasteiger partial charge on any atom is -0.497 e. The van der Waals surface area contributed by atoms with Gasteiger partial charge in [0.2, 0.25) is 17.6 Å². The van der Waals surface area contributed by atoms with Crippen LogP contribution in [0, 0.1) is 0 Å². The van der Waals surface area contributed by atoms with E-state index in [1.807, 2.05) is 30.3 Å². The molecule has 0 fully saturated rings. The van der Waals surface area contributed by atoms with Crippen molar-refractivity contribution in [2.75, 3.05) is 20.8 Å². The van der Waals surface area contributed by atoms with Crippen LogP contribution >= 0.6 is 0 Å². The molecule has 0 spiro atoms. The van der Waals surface area contributed by atoms with Crippen LogP contribution in [0.15, 0.2) is 59.1 Å². The van der Waals surface area contributed by atoms with E-state index in [0.717, 1.165) is 11.1 Å². The van der Waals surface area contributed by atoms with Crippen LogP contribution in [-0.4, -0.2) is 36.8 Å². The second kappa shape index (κ2) is 9.36. The molecule has 0 unspecified atom stereocenters. The summed E-state index contributed by atoms with van der Waals surface area (Å²) in [6.45, 7) is 0.390. The Kier molecular flexibility index (Phi) is 6.41. The second-order valence-electron chi connectivity index (χ2n) is 5.90. The van der Waals surface area contributed by atoms with Gasteiger partial charge in [-0.1, -0.05) is 35.5 Å². The molecule has 3 rings (SSSR count). The molecule has 1 N–H and O–H groups in total. The fourth-order valence-corrected chi connectivity index (χ4v) is 2.50. The number of nitrogens with one attached hydrogen (secondary N) is 1. The second-order valence-corrected chi connectivity index (χ2v) is 5.90. The van der Waals surface area contributed by atoms with Crippen molar-refractivity contribution < 1.29 is 18.8 Å². The molecular formula is C21H21N3O4. The summed E-state index contributed by atoms with van der Waals surface area (Å²) in [6, 6.07) is 15.0. The summed E-state index contributed by atoms with van der Waals surface area (Å²) in [6.07, 6.45) is 3.69. The largest absolute Gasteiger partial charge is 0.497 e. The van der Waals surface area contributed by atoms with Crippen LogP contribution < -0.4 is 14.8 Å². The van der Waals surface area contributed by atoms with Crippen LogP contribution in [-0.2, 0) is 11.2 Å². The van der Waals surface area contributed by atoms with E-state index in [1.165, 1.54) is 6.08 Å². The van der Waals surface area contributed by atoms with Gasteiger partial charge in [0.05, 0.1) is 14.2 Å². The van der Waals surface area contributed by atoms with Crippen LogP contribution in [0.4, 0.5) is 0 Å². The highest BCUT2D eigenvalue weighted by molar-refractivity contribution is 5.91. The molecule has 1 aromatic heterocycles. The molecule has 0 aliphatic rings. The van der Waals surface area contributed by atoms with Gasteiger partial charge in [-0.2, -0.15) is 4.98 Å². The molecule has 0 aliphatic heterocycles. The number of carbonyl (C=O) groups excluding carboxylic acids is 1. The number of carbonyl (C=O) groups is 1. The molecule has 1 heterocycles. The third kappa shape index (κ3) is 5.20. The van der Waals surface area contributed by atoms with Gasteiger partial charge in [0.15, 0.2) is 0 Å². The Morgan fingerprint density at radius 1 is 1.11 bits per heavy atom. The van der Waals surface area contributed by atoms with Crippen molar-refractivity contribution in [3.63, 3.8) is 0 Å². The number of ether oxygens (including phenoxy) is 2. The van der Waals surface area contributed by atoms with Gasteiger partial charge >= 0.3 is 0 Å². The predicted molar refractivity (Wildman–Crippen MR) is 105 cm³/mol. The molecule has 1 amide bonds. The predicted octanol–water partition coefficient (Wildman–Crippen LogP) is 3.13. The van der Waals surface area contributed by atoms with Crippen LogP contribution in [0.2, 0.25) is 0 Å². The lowest BCUT2D eigenvalue weighted by Crippen LogP contribution is -2.23. The van der Waals surface area contributed by atoms with Crippen molar-refractivity contribution in [3.05, 3.63) is 66.1 Å². The number of benzene rings is 2. The van der Waals surface area contributed by atoms with Crippen molar-refractivity contribution in [3.8, 4) is 22.9 Å². The van der Waals surface area contributed by atoms with Crippen LogP contribution in [0.3, 0.4) is 0 Å². The Morgan fingerprint density at radius 2 is 1.82 bits per heavy atom. The zero-order valence-corrected chi connectivity index (χ0v) is 15.7. The highest BCUT2D eigenvalue weighted by Crippen LogP contribution is 2.28. The highest BCUT2D eigenvalue weighted by Gasteiger charge is 2.11. The lowest BCUT2D eigenvalue weighted by Gasteiger charge is -2.05. The maximum atomic E-state index is 11.9. The first-order valence-electron chi connectivity index (χ1n) is 8.75. The van der Waals surface area contributed by atoms with Crippen LogP contribution in [0.25, 0.3) is 17.5 Å². The lowest BCUT2D eigenvalue weighted by atomic mass is 10.2. The average Bonchev–Trinajstić information content (AvgIpc) is 3.21. The lowest BCUT2D eigenvalue weighted by molar-refractivity contribution is -0.116. The molecule has 7 nitrogen and oxygen atoms in total. The number of amides is 1. The number of aromatic nitrogens is 2. The summed E-state index contributed by atoms with van der Waals surface area (Å²) in [7, 11) is 3.16. The number of methoxy groups -OCH3 is 2. The number of rotatable bonds is 8. The topological polar surface area (TPSA) is 86.5 Å². The minimum absolute atomic E-state index is 0.180. The Labute approximate surface area is 163 Å². The van der Waals surface area contributed by atoms with E-state index < -0.39 is 0 Å². The first kappa shape index (κ1) is 19.2. The Hall–Kier alpha value is -3.61. The summed E-state index contributed by atoms with van der Waals surface area (Å²) < 4.78 is 15.8. The van der Waals surface area contributed by atoms with Crippen molar-refractivity contribution in [2.45, 2.75) is 6.42 Å². The van der Waals surface area contributed by atoms with E-state index in [9.17, 15) is 4.79 Å². The monoisotopic (exact) mass is 379 g/mol. The summed E-state index contributed by atoms with van der Waals surface area (Å²) in [4.78, 5) is 16.2. The van der Waals surface area contributed by atoms with Gasteiger partial charge in [-0.05, 0) is 23.8 Å². The van der Waals surface area contributed by atoms with Gasteiger partial charge in [-0.3, -0.25) is 4.79 Å². The Balaban J connectivity index is 1.55. The molecule has 0 atom stereocenters. The van der Waals surface area contributed by atoms with Crippen LogP contribution in [0.1, 0.15) is 11.5 Å². The quantitative estimate of drug-likeness (QED) is 0.605. The molecule has 3 aromatic rings. The maximum Gasteiger partial charge on any atom is 0.244 e. The number of hydrogen-bond acceptors (Lipinski definition) is 6. The standard InChI is InChI=1S/C21H21N3O4/c1-26-17-12-16(13-18(14-17)27-2)21-23-20(28-24-21)10-11-22-19(25)9-8-15-6-4-3-5-7-15/h3-9,12-14H,10-11H2,1-2H3,(H,22,25). The summed E-state index contributed by atoms with van der Waals surface area (Å²) in [5.41, 5.74) is 1.69. The summed E-state index contributed by atoms with van der Waals surface area (Å²) in [5.74, 6) is 1.96. The number of hydrogen-bond donors (Lipinski definition) is 1. The third-order valence-electron chi connectivity index (χ3n) is 3.94. The fourth-order valence-electron chi connectivity index (χ4n) is 2.50. The summed E-state index contributed by atoms with van der Waals surface area (Å²) in [5, 5.41) is 6.78. The van der Waals surface area contributed by atoms with Crippen LogP contribution in [0.5, 0.6) is 11.5 Å². The van der Waals surface area contributed by atoms with E-state index in [2.05, 4.69) is 15.5 Å². The highest BCUT2D eigenvalue weighted by atomic mass is 16.5. The molecular weight excluding hydrogens is 358 g/mol. The van der Waals surface area contributed by atoms with Crippen molar-refractivity contribution in [1.82, 2.24) is 15.5 Å². The fraction of sp³-hybridized carbons (Fsp3) is 0.190. The summed E-state index contributed by atoms with van der Waals surface area (Å²) >= 11 is 0. The first-order chi connectivity index (χ1) is 13.7. The zero-order valence-electron chi connectivity index (χ0n) is 15.7. The molecule has 7 heteroatoms.